The Morgan fingerprint density at radius 3 is 1.87 bits per heavy atom. The second-order valence-electron chi connectivity index (χ2n) is 8.49. The Balaban J connectivity index is 2.11. The quantitative estimate of drug-likeness (QED) is 0.624. The zero-order valence-corrected chi connectivity index (χ0v) is 17.9. The summed E-state index contributed by atoms with van der Waals surface area (Å²) in [6.07, 6.45) is 0.433. The van der Waals surface area contributed by atoms with Gasteiger partial charge in [0.15, 0.2) is 0 Å². The van der Waals surface area contributed by atoms with Crippen LogP contribution in [0.25, 0.3) is 0 Å². The molecule has 30 heavy (non-hydrogen) atoms. The maximum absolute atomic E-state index is 12.8. The zero-order chi connectivity index (χ0) is 22.3. The van der Waals surface area contributed by atoms with Crippen molar-refractivity contribution in [1.29, 1.82) is 0 Å². The van der Waals surface area contributed by atoms with Crippen molar-refractivity contribution in [2.75, 3.05) is 0 Å². The number of aliphatic carboxylic acids is 1. The van der Waals surface area contributed by atoms with Crippen molar-refractivity contribution >= 4 is 17.8 Å². The molecule has 0 aliphatic carbocycles. The average molecular weight is 411 g/mol. The Morgan fingerprint density at radius 2 is 1.37 bits per heavy atom. The maximum atomic E-state index is 12.8. The molecule has 0 fully saturated rings. The molecular formula is C24H30N2O4. The lowest BCUT2D eigenvalue weighted by atomic mass is 9.86. The predicted molar refractivity (Wildman–Crippen MR) is 116 cm³/mol. The molecule has 3 N–H and O–H groups in total. The summed E-state index contributed by atoms with van der Waals surface area (Å²) in [4.78, 5) is 36.1. The van der Waals surface area contributed by atoms with Crippen molar-refractivity contribution in [3.05, 3.63) is 71.3 Å². The number of nitrogens with one attached hydrogen (secondary N) is 2. The molecule has 6 nitrogen and oxygen atoms in total. The van der Waals surface area contributed by atoms with E-state index in [1.54, 1.807) is 0 Å². The van der Waals surface area contributed by atoms with Gasteiger partial charge in [0.05, 0.1) is 0 Å². The largest absolute Gasteiger partial charge is 0.480 e. The minimum atomic E-state index is -1.12. The molecule has 0 heterocycles. The van der Waals surface area contributed by atoms with Crippen molar-refractivity contribution in [1.82, 2.24) is 10.6 Å². The van der Waals surface area contributed by atoms with Crippen LogP contribution < -0.4 is 10.6 Å². The third-order valence-electron chi connectivity index (χ3n) is 4.85. The molecule has 2 aromatic carbocycles. The Bertz CT molecular complexity index is 870. The second-order valence-corrected chi connectivity index (χ2v) is 8.49. The van der Waals surface area contributed by atoms with E-state index in [9.17, 15) is 19.5 Å². The van der Waals surface area contributed by atoms with Gasteiger partial charge >= 0.3 is 5.97 Å². The van der Waals surface area contributed by atoms with E-state index in [2.05, 4.69) is 31.4 Å². The number of benzene rings is 2. The van der Waals surface area contributed by atoms with Gasteiger partial charge < -0.3 is 15.7 Å². The fourth-order valence-corrected chi connectivity index (χ4v) is 3.15. The number of hydrogen-bond acceptors (Lipinski definition) is 3. The van der Waals surface area contributed by atoms with E-state index < -0.39 is 24.0 Å². The van der Waals surface area contributed by atoms with E-state index in [4.69, 9.17) is 0 Å². The van der Waals surface area contributed by atoms with Crippen LogP contribution in [-0.4, -0.2) is 35.0 Å². The summed E-state index contributed by atoms with van der Waals surface area (Å²) in [7, 11) is 0. The minimum Gasteiger partial charge on any atom is -0.480 e. The molecule has 160 valence electrons. The molecule has 0 aromatic heterocycles. The first kappa shape index (κ1) is 23.1. The van der Waals surface area contributed by atoms with Crippen LogP contribution in [0.3, 0.4) is 0 Å². The second kappa shape index (κ2) is 10.1. The summed E-state index contributed by atoms with van der Waals surface area (Å²) >= 11 is 0. The zero-order valence-electron chi connectivity index (χ0n) is 17.9. The lowest BCUT2D eigenvalue weighted by Crippen LogP contribution is -2.52. The van der Waals surface area contributed by atoms with Gasteiger partial charge in [-0.05, 0) is 22.1 Å². The highest BCUT2D eigenvalue weighted by Gasteiger charge is 2.26. The number of carbonyl (C=O) groups is 3. The van der Waals surface area contributed by atoms with E-state index in [0.717, 1.165) is 16.7 Å². The highest BCUT2D eigenvalue weighted by molar-refractivity contribution is 5.90. The van der Waals surface area contributed by atoms with Crippen molar-refractivity contribution in [2.45, 2.75) is 58.0 Å². The van der Waals surface area contributed by atoms with E-state index in [-0.39, 0.29) is 24.2 Å². The summed E-state index contributed by atoms with van der Waals surface area (Å²) < 4.78 is 0. The lowest BCUT2D eigenvalue weighted by Gasteiger charge is -2.22. The first-order valence-corrected chi connectivity index (χ1v) is 10.00. The minimum absolute atomic E-state index is 0.00195. The van der Waals surface area contributed by atoms with Gasteiger partial charge in [0, 0.05) is 19.8 Å². The molecule has 0 saturated heterocycles. The summed E-state index contributed by atoms with van der Waals surface area (Å²) in [5, 5.41) is 14.8. The van der Waals surface area contributed by atoms with E-state index in [1.165, 1.54) is 6.92 Å². The number of amides is 2. The van der Waals surface area contributed by atoms with Gasteiger partial charge in [-0.25, -0.2) is 4.79 Å². The third kappa shape index (κ3) is 7.03. The molecule has 0 saturated carbocycles. The first-order valence-electron chi connectivity index (χ1n) is 10.00. The number of carboxylic acids is 1. The van der Waals surface area contributed by atoms with Crippen molar-refractivity contribution < 1.29 is 19.5 Å². The molecule has 0 unspecified atom stereocenters. The van der Waals surface area contributed by atoms with Crippen LogP contribution in [0.5, 0.6) is 0 Å². The monoisotopic (exact) mass is 410 g/mol. The van der Waals surface area contributed by atoms with Crippen LogP contribution in [-0.2, 0) is 32.6 Å². The van der Waals surface area contributed by atoms with Gasteiger partial charge in [0.1, 0.15) is 12.1 Å². The summed E-state index contributed by atoms with van der Waals surface area (Å²) in [6.45, 7) is 7.66. The smallest absolute Gasteiger partial charge is 0.326 e. The first-order chi connectivity index (χ1) is 14.1. The standard InChI is InChI=1S/C24H30N2O4/c1-16(27)25-20(14-17-8-6-5-7-9-17)22(28)26-21(23(29)30)15-18-10-12-19(13-11-18)24(2,3)4/h5-13,20-21H,14-15H2,1-4H3,(H,25,27)(H,26,28)(H,29,30)/t20-,21-/m0/s1. The highest BCUT2D eigenvalue weighted by atomic mass is 16.4. The summed E-state index contributed by atoms with van der Waals surface area (Å²) in [6, 6.07) is 15.1. The van der Waals surface area contributed by atoms with E-state index in [0.29, 0.717) is 0 Å². The van der Waals surface area contributed by atoms with E-state index >= 15 is 0 Å². The lowest BCUT2D eigenvalue weighted by molar-refractivity contribution is -0.142. The molecular weight excluding hydrogens is 380 g/mol. The predicted octanol–water partition coefficient (Wildman–Crippen LogP) is 2.84. The van der Waals surface area contributed by atoms with Crippen molar-refractivity contribution in [3.63, 3.8) is 0 Å². The van der Waals surface area contributed by atoms with Crippen molar-refractivity contribution in [3.8, 4) is 0 Å². The molecule has 2 amide bonds. The van der Waals surface area contributed by atoms with Crippen LogP contribution in [0.2, 0.25) is 0 Å². The summed E-state index contributed by atoms with van der Waals surface area (Å²) in [5.74, 6) is -1.99. The van der Waals surface area contributed by atoms with Gasteiger partial charge in [-0.3, -0.25) is 9.59 Å². The van der Waals surface area contributed by atoms with Crippen LogP contribution in [0.1, 0.15) is 44.4 Å². The fraction of sp³-hybridized carbons (Fsp3) is 0.375. The highest BCUT2D eigenvalue weighted by Crippen LogP contribution is 2.22. The Morgan fingerprint density at radius 1 is 0.833 bits per heavy atom. The Hall–Kier alpha value is -3.15. The van der Waals surface area contributed by atoms with Gasteiger partial charge in [0.2, 0.25) is 11.8 Å². The molecule has 6 heteroatoms. The molecule has 0 spiro atoms. The molecule has 0 aliphatic heterocycles. The number of carboxylic acid groups (broad SMARTS) is 1. The molecule has 0 radical (unpaired) electrons. The molecule has 2 rings (SSSR count). The SMILES string of the molecule is CC(=O)N[C@@H](Cc1ccccc1)C(=O)N[C@@H](Cc1ccc(C(C)(C)C)cc1)C(=O)O. The normalized spacial score (nSPS) is 13.2. The van der Waals surface area contributed by atoms with Crippen LogP contribution in [0.15, 0.2) is 54.6 Å². The molecule has 0 aliphatic rings. The summed E-state index contributed by atoms with van der Waals surface area (Å²) in [5.41, 5.74) is 2.84. The number of carbonyl (C=O) groups excluding carboxylic acids is 2. The maximum Gasteiger partial charge on any atom is 0.326 e. The molecule has 2 aromatic rings. The van der Waals surface area contributed by atoms with E-state index in [1.807, 2.05) is 54.6 Å². The topological polar surface area (TPSA) is 95.5 Å². The van der Waals surface area contributed by atoms with Gasteiger partial charge in [-0.15, -0.1) is 0 Å². The Kier molecular flexibility index (Phi) is 7.75. The third-order valence-corrected chi connectivity index (χ3v) is 4.85. The van der Waals surface area contributed by atoms with Crippen molar-refractivity contribution in [2.24, 2.45) is 0 Å². The van der Waals surface area contributed by atoms with Gasteiger partial charge in [-0.1, -0.05) is 75.4 Å². The number of rotatable bonds is 8. The fourth-order valence-electron chi connectivity index (χ4n) is 3.15. The number of hydrogen-bond donors (Lipinski definition) is 3. The average Bonchev–Trinajstić information content (AvgIpc) is 2.67. The van der Waals surface area contributed by atoms with Crippen LogP contribution in [0.4, 0.5) is 0 Å². The van der Waals surface area contributed by atoms with Gasteiger partial charge in [-0.2, -0.15) is 0 Å². The van der Waals surface area contributed by atoms with Gasteiger partial charge in [0.25, 0.3) is 0 Å². The molecule has 2 atom stereocenters. The Labute approximate surface area is 177 Å². The molecule has 0 bridgehead atoms. The van der Waals surface area contributed by atoms with Crippen LogP contribution in [0, 0.1) is 0 Å². The van der Waals surface area contributed by atoms with Crippen LogP contribution >= 0.6 is 0 Å².